The molecule has 3 aromatic heterocycles. The minimum absolute atomic E-state index is 0.185. The molecule has 180 valence electrons. The van der Waals surface area contributed by atoms with Gasteiger partial charge in [0.25, 0.3) is 5.56 Å². The van der Waals surface area contributed by atoms with E-state index in [9.17, 15) is 18.7 Å². The molecule has 2 aromatic carbocycles. The summed E-state index contributed by atoms with van der Waals surface area (Å²) in [5.41, 5.74) is -0.417. The van der Waals surface area contributed by atoms with Gasteiger partial charge < -0.3 is 5.11 Å². The molecule has 8 nitrogen and oxygen atoms in total. The molecule has 0 radical (unpaired) electrons. The summed E-state index contributed by atoms with van der Waals surface area (Å²) in [4.78, 5) is 24.9. The molecule has 35 heavy (non-hydrogen) atoms. The van der Waals surface area contributed by atoms with Gasteiger partial charge in [-0.05, 0) is 31.2 Å². The molecule has 0 unspecified atom stereocenters. The van der Waals surface area contributed by atoms with E-state index in [-0.39, 0.29) is 17.5 Å². The van der Waals surface area contributed by atoms with Gasteiger partial charge in [-0.15, -0.1) is 11.3 Å². The predicted molar refractivity (Wildman–Crippen MR) is 128 cm³/mol. The smallest absolute Gasteiger partial charge is 0.261 e. The summed E-state index contributed by atoms with van der Waals surface area (Å²) in [6.07, 6.45) is 5.65. The van der Waals surface area contributed by atoms with E-state index >= 15 is 0 Å². The lowest BCUT2D eigenvalue weighted by Gasteiger charge is -2.35. The molecule has 5 aromatic rings. The van der Waals surface area contributed by atoms with E-state index in [1.165, 1.54) is 34.3 Å². The summed E-state index contributed by atoms with van der Waals surface area (Å²) in [6, 6.07) is 6.51. The molecule has 0 fully saturated rings. The molecular formula is C23H19ClF2N6O2S. The van der Waals surface area contributed by atoms with Crippen LogP contribution in [0.1, 0.15) is 18.5 Å². The van der Waals surface area contributed by atoms with Crippen molar-refractivity contribution in [2.75, 3.05) is 0 Å². The highest BCUT2D eigenvalue weighted by Gasteiger charge is 2.41. The third kappa shape index (κ3) is 5.26. The van der Waals surface area contributed by atoms with Crippen molar-refractivity contribution in [3.05, 3.63) is 105 Å². The van der Waals surface area contributed by atoms with Crippen LogP contribution in [0, 0.1) is 11.6 Å². The van der Waals surface area contributed by atoms with Crippen LogP contribution in [0.15, 0.2) is 77.3 Å². The molecular weight excluding hydrogens is 498 g/mol. The highest BCUT2D eigenvalue weighted by molar-refractivity contribution is 7.07. The van der Waals surface area contributed by atoms with Gasteiger partial charge in [0.2, 0.25) is 0 Å². The molecule has 0 saturated heterocycles. The summed E-state index contributed by atoms with van der Waals surface area (Å²) < 4.78 is 30.7. The van der Waals surface area contributed by atoms with Gasteiger partial charge in [-0.1, -0.05) is 17.7 Å². The van der Waals surface area contributed by atoms with E-state index in [0.29, 0.717) is 16.6 Å². The number of halogens is 3. The number of benzene rings is 2. The Morgan fingerprint density at radius 3 is 2.63 bits per heavy atom. The Morgan fingerprint density at radius 1 is 1.17 bits per heavy atom. The quantitative estimate of drug-likeness (QED) is 0.376. The van der Waals surface area contributed by atoms with Gasteiger partial charge >= 0.3 is 0 Å². The topological polar surface area (TPSA) is 98.7 Å². The van der Waals surface area contributed by atoms with Crippen molar-refractivity contribution in [1.82, 2.24) is 29.3 Å². The third-order valence-electron chi connectivity index (χ3n) is 5.47. The maximum Gasteiger partial charge on any atom is 0.261 e. The second-order valence-electron chi connectivity index (χ2n) is 7.61. The number of fused-ring (bicyclic) bond motifs is 1. The lowest BCUT2D eigenvalue weighted by Crippen LogP contribution is -2.43. The summed E-state index contributed by atoms with van der Waals surface area (Å²) in [6.45, 7) is 1.31. The Hall–Kier alpha value is -3.54. The average molecular weight is 517 g/mol. The van der Waals surface area contributed by atoms with Crippen molar-refractivity contribution in [1.29, 1.82) is 0 Å². The highest BCUT2D eigenvalue weighted by Crippen LogP contribution is 2.36. The Morgan fingerprint density at radius 2 is 2.00 bits per heavy atom. The summed E-state index contributed by atoms with van der Waals surface area (Å²) in [5, 5.41) is 18.2. The van der Waals surface area contributed by atoms with Crippen LogP contribution in [0.4, 0.5) is 8.78 Å². The molecule has 12 heteroatoms. The second-order valence-corrected chi connectivity index (χ2v) is 8.80. The molecule has 0 aliphatic rings. The van der Waals surface area contributed by atoms with E-state index in [0.717, 1.165) is 12.1 Å². The molecule has 5 rings (SSSR count). The Balaban J connectivity index is 0.000000514. The van der Waals surface area contributed by atoms with Crippen molar-refractivity contribution in [2.45, 2.75) is 25.1 Å². The van der Waals surface area contributed by atoms with E-state index in [2.05, 4.69) is 20.1 Å². The Bertz CT molecular complexity index is 1460. The SMILES string of the molecule is C[C@@H](n1cnc2cc(Cl)ccc2c1=O)[C@](O)(Cn1cncn1)c1ccc(F)cc1F.c1cscn1. The van der Waals surface area contributed by atoms with E-state index in [4.69, 9.17) is 11.6 Å². The first-order valence-electron chi connectivity index (χ1n) is 10.3. The maximum atomic E-state index is 14.7. The Labute approximate surface area is 207 Å². The molecule has 2 atom stereocenters. The number of rotatable bonds is 5. The predicted octanol–water partition coefficient (Wildman–Crippen LogP) is 4.21. The van der Waals surface area contributed by atoms with Crippen LogP contribution in [0.3, 0.4) is 0 Å². The van der Waals surface area contributed by atoms with Crippen LogP contribution in [0.2, 0.25) is 5.02 Å². The largest absolute Gasteiger partial charge is 0.381 e. The molecule has 1 N–H and O–H groups in total. The summed E-state index contributed by atoms with van der Waals surface area (Å²) in [7, 11) is 0. The van der Waals surface area contributed by atoms with Crippen LogP contribution < -0.4 is 5.56 Å². The third-order valence-corrected chi connectivity index (χ3v) is 6.23. The number of aliphatic hydroxyl groups is 1. The van der Waals surface area contributed by atoms with Gasteiger partial charge in [-0.3, -0.25) is 14.3 Å². The molecule has 0 aliphatic heterocycles. The van der Waals surface area contributed by atoms with Gasteiger partial charge in [0.15, 0.2) is 0 Å². The van der Waals surface area contributed by atoms with Gasteiger partial charge in [-0.25, -0.2) is 23.4 Å². The van der Waals surface area contributed by atoms with Crippen LogP contribution in [-0.4, -0.2) is 34.4 Å². The first kappa shape index (κ1) is 24.6. The number of thiazole rings is 1. The number of nitrogens with zero attached hydrogens (tertiary/aromatic N) is 6. The monoisotopic (exact) mass is 516 g/mol. The van der Waals surface area contributed by atoms with Crippen molar-refractivity contribution < 1.29 is 13.9 Å². The Kier molecular flexibility index (Phi) is 7.29. The lowest BCUT2D eigenvalue weighted by atomic mass is 9.86. The molecule has 0 saturated carbocycles. The van der Waals surface area contributed by atoms with Crippen molar-refractivity contribution in [2.24, 2.45) is 0 Å². The average Bonchev–Trinajstić information content (AvgIpc) is 3.56. The molecule has 0 bridgehead atoms. The first-order chi connectivity index (χ1) is 16.8. The lowest BCUT2D eigenvalue weighted by molar-refractivity contribution is -0.0343. The van der Waals surface area contributed by atoms with Crippen molar-refractivity contribution in [3.8, 4) is 0 Å². The van der Waals surface area contributed by atoms with E-state index in [1.54, 1.807) is 42.1 Å². The normalized spacial score (nSPS) is 13.6. The van der Waals surface area contributed by atoms with E-state index in [1.807, 2.05) is 5.38 Å². The number of hydrogen-bond acceptors (Lipinski definition) is 7. The van der Waals surface area contributed by atoms with Gasteiger partial charge in [0, 0.05) is 28.2 Å². The molecule has 0 amide bonds. The van der Waals surface area contributed by atoms with Crippen LogP contribution in [-0.2, 0) is 12.1 Å². The molecule has 3 heterocycles. The van der Waals surface area contributed by atoms with Gasteiger partial charge in [-0.2, -0.15) is 5.10 Å². The zero-order valence-electron chi connectivity index (χ0n) is 18.3. The van der Waals surface area contributed by atoms with Crippen molar-refractivity contribution >= 4 is 33.8 Å². The fourth-order valence-corrected chi connectivity index (χ4v) is 4.15. The summed E-state index contributed by atoms with van der Waals surface area (Å²) >= 11 is 7.56. The van der Waals surface area contributed by atoms with Crippen molar-refractivity contribution in [3.63, 3.8) is 0 Å². The van der Waals surface area contributed by atoms with Gasteiger partial charge in [0.1, 0.15) is 29.9 Å². The van der Waals surface area contributed by atoms with E-state index < -0.39 is 28.8 Å². The first-order valence-corrected chi connectivity index (χ1v) is 11.6. The number of aromatic nitrogens is 6. The second kappa shape index (κ2) is 10.4. The minimum Gasteiger partial charge on any atom is -0.381 e. The zero-order valence-corrected chi connectivity index (χ0v) is 19.9. The molecule has 0 aliphatic carbocycles. The standard InChI is InChI=1S/C20H16ClF2N5O2.C3H3NS/c1-12(28-11-25-18-6-13(21)2-4-15(18)19(28)29)20(30,8-27-10-24-9-26-27)16-5-3-14(22)7-17(16)23;1-2-5-3-4-1/h2-7,9-12,30H,8H2,1H3;1-3H/t12-,20-;/m1./s1. The molecule has 0 spiro atoms. The van der Waals surface area contributed by atoms with Crippen LogP contribution in [0.25, 0.3) is 10.9 Å². The maximum absolute atomic E-state index is 14.7. The minimum atomic E-state index is -1.98. The van der Waals surface area contributed by atoms with Gasteiger partial charge in [0.05, 0.1) is 35.3 Å². The van der Waals surface area contributed by atoms with Crippen LogP contribution in [0.5, 0.6) is 0 Å². The number of hydrogen-bond donors (Lipinski definition) is 1. The fourth-order valence-electron chi connectivity index (χ4n) is 3.63. The highest BCUT2D eigenvalue weighted by atomic mass is 35.5. The summed E-state index contributed by atoms with van der Waals surface area (Å²) in [5.74, 6) is -1.73. The fraction of sp³-hybridized carbons (Fsp3) is 0.174. The zero-order chi connectivity index (χ0) is 25.0. The van der Waals surface area contributed by atoms with Crippen LogP contribution >= 0.6 is 22.9 Å².